The van der Waals surface area contributed by atoms with Gasteiger partial charge in [0.2, 0.25) is 0 Å². The topological polar surface area (TPSA) is 52.0 Å². The van der Waals surface area contributed by atoms with Crippen LogP contribution in [-0.4, -0.2) is 27.6 Å². The molecule has 6 heteroatoms. The van der Waals surface area contributed by atoms with Gasteiger partial charge < -0.3 is 14.6 Å². The van der Waals surface area contributed by atoms with E-state index in [-0.39, 0.29) is 0 Å². The highest BCUT2D eigenvalue weighted by Crippen LogP contribution is 2.37. The quantitative estimate of drug-likeness (QED) is 0.922. The van der Waals surface area contributed by atoms with Crippen LogP contribution in [0.4, 0.5) is 0 Å². The fourth-order valence-electron chi connectivity index (χ4n) is 3.61. The molecule has 5 nitrogen and oxygen atoms in total. The molecule has 0 aliphatic carbocycles. The van der Waals surface area contributed by atoms with Crippen LogP contribution in [0.15, 0.2) is 23.1 Å². The highest BCUT2D eigenvalue weighted by atomic mass is 32.2. The van der Waals surface area contributed by atoms with Gasteiger partial charge in [0.15, 0.2) is 0 Å². The smallest absolute Gasteiger partial charge is 0.147 e. The van der Waals surface area contributed by atoms with Crippen LogP contribution in [0.5, 0.6) is 5.75 Å². The third kappa shape index (κ3) is 3.17. The largest absolute Gasteiger partial charge is 0.497 e. The molecule has 0 saturated heterocycles. The van der Waals surface area contributed by atoms with Gasteiger partial charge in [-0.2, -0.15) is 0 Å². The molecule has 24 heavy (non-hydrogen) atoms. The van der Waals surface area contributed by atoms with Crippen molar-refractivity contribution in [2.45, 2.75) is 56.1 Å². The maximum atomic E-state index is 5.43. The molecule has 128 valence electrons. The summed E-state index contributed by atoms with van der Waals surface area (Å²) in [5, 5.41) is 12.5. The van der Waals surface area contributed by atoms with E-state index in [9.17, 15) is 0 Å². The van der Waals surface area contributed by atoms with Crippen LogP contribution in [0.25, 0.3) is 0 Å². The summed E-state index contributed by atoms with van der Waals surface area (Å²) in [4.78, 5) is 1.37. The third-order valence-electron chi connectivity index (χ3n) is 4.93. The highest BCUT2D eigenvalue weighted by molar-refractivity contribution is 7.99. The van der Waals surface area contributed by atoms with Gasteiger partial charge in [-0.15, -0.1) is 22.0 Å². The van der Waals surface area contributed by atoms with Crippen LogP contribution in [0.1, 0.15) is 48.9 Å². The minimum Gasteiger partial charge on any atom is -0.497 e. The number of methoxy groups -OCH3 is 1. The molecule has 0 fully saturated rings. The molecule has 0 amide bonds. The molecule has 0 bridgehead atoms. The minimum absolute atomic E-state index is 0.349. The van der Waals surface area contributed by atoms with Crippen molar-refractivity contribution in [3.8, 4) is 5.75 Å². The van der Waals surface area contributed by atoms with Crippen molar-refractivity contribution in [1.82, 2.24) is 20.1 Å². The molecule has 1 aromatic heterocycles. The van der Waals surface area contributed by atoms with Gasteiger partial charge in [-0.1, -0.05) is 0 Å². The van der Waals surface area contributed by atoms with Crippen molar-refractivity contribution in [2.75, 3.05) is 12.9 Å². The molecule has 0 radical (unpaired) electrons. The molecule has 2 aromatic rings. The Morgan fingerprint density at radius 2 is 2.25 bits per heavy atom. The van der Waals surface area contributed by atoms with Crippen molar-refractivity contribution in [3.63, 3.8) is 0 Å². The first-order valence-electron chi connectivity index (χ1n) is 8.80. The zero-order valence-electron chi connectivity index (χ0n) is 14.1. The number of nitrogens with zero attached hydrogens (tertiary/aromatic N) is 3. The van der Waals surface area contributed by atoms with Crippen molar-refractivity contribution in [2.24, 2.45) is 0 Å². The van der Waals surface area contributed by atoms with Crippen molar-refractivity contribution in [1.29, 1.82) is 0 Å². The molecular formula is C18H24N4OS. The summed E-state index contributed by atoms with van der Waals surface area (Å²) < 4.78 is 7.73. The molecule has 0 saturated carbocycles. The molecular weight excluding hydrogens is 320 g/mol. The Kier molecular flexibility index (Phi) is 4.76. The first kappa shape index (κ1) is 16.0. The number of fused-ring (bicyclic) bond motifs is 2. The van der Waals surface area contributed by atoms with Crippen LogP contribution in [0.3, 0.4) is 0 Å². The highest BCUT2D eigenvalue weighted by Gasteiger charge is 2.21. The van der Waals surface area contributed by atoms with E-state index < -0.39 is 0 Å². The Balaban J connectivity index is 1.53. The Bertz CT molecular complexity index is 715. The number of benzene rings is 1. The van der Waals surface area contributed by atoms with E-state index in [0.29, 0.717) is 6.04 Å². The molecule has 1 N–H and O–H groups in total. The van der Waals surface area contributed by atoms with Gasteiger partial charge in [-0.25, -0.2) is 0 Å². The van der Waals surface area contributed by atoms with E-state index in [4.69, 9.17) is 4.74 Å². The predicted octanol–water partition coefficient (Wildman–Crippen LogP) is 3.34. The number of thioether (sulfide) groups is 1. The van der Waals surface area contributed by atoms with Crippen LogP contribution in [0, 0.1) is 0 Å². The van der Waals surface area contributed by atoms with Crippen LogP contribution >= 0.6 is 11.8 Å². The number of aryl methyl sites for hydroxylation is 1. The maximum absolute atomic E-state index is 5.43. The van der Waals surface area contributed by atoms with Crippen LogP contribution < -0.4 is 10.1 Å². The van der Waals surface area contributed by atoms with Crippen LogP contribution in [0.2, 0.25) is 0 Å². The monoisotopic (exact) mass is 344 g/mol. The van der Waals surface area contributed by atoms with Gasteiger partial charge in [0, 0.05) is 23.9 Å². The van der Waals surface area contributed by atoms with Gasteiger partial charge >= 0.3 is 0 Å². The zero-order valence-corrected chi connectivity index (χ0v) is 14.9. The zero-order chi connectivity index (χ0) is 16.4. The van der Waals surface area contributed by atoms with Gasteiger partial charge in [0.25, 0.3) is 0 Å². The maximum Gasteiger partial charge on any atom is 0.147 e. The lowest BCUT2D eigenvalue weighted by atomic mass is 10.0. The van der Waals surface area contributed by atoms with E-state index in [0.717, 1.165) is 43.3 Å². The number of hydrogen-bond donors (Lipinski definition) is 1. The van der Waals surface area contributed by atoms with Crippen molar-refractivity contribution in [3.05, 3.63) is 35.4 Å². The van der Waals surface area contributed by atoms with E-state index in [1.807, 2.05) is 11.8 Å². The van der Waals surface area contributed by atoms with E-state index in [1.54, 1.807) is 7.11 Å². The summed E-state index contributed by atoms with van der Waals surface area (Å²) in [6.07, 6.45) is 5.90. The standard InChI is InChI=1S/C18H24N4OS/c1-23-13-7-8-16-14(11-13)15(5-4-10-24-16)19-12-18-21-20-17-6-2-3-9-22(17)18/h7-8,11,15,19H,2-6,9-10,12H2,1H3. The summed E-state index contributed by atoms with van der Waals surface area (Å²) >= 11 is 1.95. The lowest BCUT2D eigenvalue weighted by Gasteiger charge is -2.20. The first-order valence-corrected chi connectivity index (χ1v) is 9.79. The molecule has 1 unspecified atom stereocenters. The second kappa shape index (κ2) is 7.15. The number of hydrogen-bond acceptors (Lipinski definition) is 5. The fraction of sp³-hybridized carbons (Fsp3) is 0.556. The second-order valence-corrected chi connectivity index (χ2v) is 7.61. The first-order chi connectivity index (χ1) is 11.8. The Morgan fingerprint density at radius 3 is 3.17 bits per heavy atom. The van der Waals surface area contributed by atoms with E-state index in [2.05, 4.69) is 38.3 Å². The van der Waals surface area contributed by atoms with Gasteiger partial charge in [-0.05, 0) is 55.2 Å². The summed E-state index contributed by atoms with van der Waals surface area (Å²) in [5.41, 5.74) is 1.36. The number of aromatic nitrogens is 3. The summed E-state index contributed by atoms with van der Waals surface area (Å²) in [6.45, 7) is 1.84. The summed E-state index contributed by atoms with van der Waals surface area (Å²) in [7, 11) is 1.73. The third-order valence-corrected chi connectivity index (χ3v) is 6.11. The van der Waals surface area contributed by atoms with Gasteiger partial charge in [0.1, 0.15) is 17.4 Å². The fourth-order valence-corrected chi connectivity index (χ4v) is 4.67. The van der Waals surface area contributed by atoms with Gasteiger partial charge in [-0.3, -0.25) is 0 Å². The molecule has 3 heterocycles. The molecule has 1 atom stereocenters. The van der Waals surface area contributed by atoms with Crippen molar-refractivity contribution < 1.29 is 4.74 Å². The molecule has 1 aromatic carbocycles. The number of ether oxygens (including phenoxy) is 1. The van der Waals surface area contributed by atoms with Crippen LogP contribution in [-0.2, 0) is 19.5 Å². The number of nitrogens with one attached hydrogen (secondary N) is 1. The van der Waals surface area contributed by atoms with Gasteiger partial charge in [0.05, 0.1) is 13.7 Å². The lowest BCUT2D eigenvalue weighted by molar-refractivity contribution is 0.410. The minimum atomic E-state index is 0.349. The Morgan fingerprint density at radius 1 is 1.29 bits per heavy atom. The van der Waals surface area contributed by atoms with Crippen molar-refractivity contribution >= 4 is 11.8 Å². The average Bonchev–Trinajstić information content (AvgIpc) is 2.93. The van der Waals surface area contributed by atoms with E-state index >= 15 is 0 Å². The second-order valence-electron chi connectivity index (χ2n) is 6.47. The normalized spacial score (nSPS) is 20.1. The predicted molar refractivity (Wildman–Crippen MR) is 95.5 cm³/mol. The summed E-state index contributed by atoms with van der Waals surface area (Å²) in [6, 6.07) is 6.78. The van der Waals surface area contributed by atoms with E-state index in [1.165, 1.54) is 35.5 Å². The molecule has 4 rings (SSSR count). The molecule has 2 aliphatic heterocycles. The molecule has 2 aliphatic rings. The average molecular weight is 344 g/mol. The Labute approximate surface area is 147 Å². The molecule has 0 spiro atoms. The Hall–Kier alpha value is -1.53. The lowest BCUT2D eigenvalue weighted by Crippen LogP contribution is -2.24. The summed E-state index contributed by atoms with van der Waals surface area (Å²) in [5.74, 6) is 4.34. The SMILES string of the molecule is COc1ccc2c(c1)C(NCc1nnc3n1CCCC3)CCCS2. The number of rotatable bonds is 4.